The standard InChI is InChI=1S/C22H31N5O/c1-17-6-8-20(9-7-17)28-21-15-18(10-13-25-21)16-27-22(23-2)26-14-11-19-5-3-4-12-24-19/h3-5,10,12-13,15,17,20H,6-9,11,14,16H2,1-2H3,(H2,23,26,27). The molecule has 2 heterocycles. The van der Waals surface area contributed by atoms with E-state index < -0.39 is 0 Å². The van der Waals surface area contributed by atoms with Gasteiger partial charge in [0, 0.05) is 50.7 Å². The summed E-state index contributed by atoms with van der Waals surface area (Å²) in [6.45, 7) is 3.77. The van der Waals surface area contributed by atoms with Gasteiger partial charge in [-0.1, -0.05) is 13.0 Å². The van der Waals surface area contributed by atoms with Crippen LogP contribution in [-0.4, -0.2) is 35.6 Å². The Hall–Kier alpha value is -2.63. The van der Waals surface area contributed by atoms with E-state index in [4.69, 9.17) is 4.74 Å². The molecule has 1 aliphatic carbocycles. The summed E-state index contributed by atoms with van der Waals surface area (Å²) >= 11 is 0. The first-order chi connectivity index (χ1) is 13.7. The van der Waals surface area contributed by atoms with E-state index in [1.165, 1.54) is 12.8 Å². The summed E-state index contributed by atoms with van der Waals surface area (Å²) in [5.74, 6) is 2.31. The van der Waals surface area contributed by atoms with Gasteiger partial charge < -0.3 is 15.4 Å². The van der Waals surface area contributed by atoms with Crippen LogP contribution in [0.25, 0.3) is 0 Å². The molecule has 150 valence electrons. The van der Waals surface area contributed by atoms with Gasteiger partial charge in [-0.05, 0) is 55.4 Å². The number of hydrogen-bond donors (Lipinski definition) is 2. The highest BCUT2D eigenvalue weighted by molar-refractivity contribution is 5.79. The zero-order valence-corrected chi connectivity index (χ0v) is 16.9. The summed E-state index contributed by atoms with van der Waals surface area (Å²) in [5, 5.41) is 6.67. The molecule has 0 unspecified atom stereocenters. The molecule has 1 aliphatic rings. The highest BCUT2D eigenvalue weighted by atomic mass is 16.5. The predicted molar refractivity (Wildman–Crippen MR) is 112 cm³/mol. The minimum Gasteiger partial charge on any atom is -0.474 e. The largest absolute Gasteiger partial charge is 0.474 e. The summed E-state index contributed by atoms with van der Waals surface area (Å²) in [6.07, 6.45) is 9.52. The van der Waals surface area contributed by atoms with Crippen LogP contribution in [0.2, 0.25) is 0 Å². The molecule has 0 aromatic carbocycles. The van der Waals surface area contributed by atoms with Crippen LogP contribution in [0.5, 0.6) is 5.88 Å². The van der Waals surface area contributed by atoms with Gasteiger partial charge in [-0.2, -0.15) is 0 Å². The molecule has 0 bridgehead atoms. The Bertz CT molecular complexity index is 742. The van der Waals surface area contributed by atoms with Crippen molar-refractivity contribution in [3.63, 3.8) is 0 Å². The fourth-order valence-corrected chi connectivity index (χ4v) is 3.40. The molecule has 3 rings (SSSR count). The van der Waals surface area contributed by atoms with Crippen molar-refractivity contribution < 1.29 is 4.74 Å². The van der Waals surface area contributed by atoms with Crippen molar-refractivity contribution in [2.75, 3.05) is 13.6 Å². The van der Waals surface area contributed by atoms with E-state index in [1.807, 2.05) is 42.7 Å². The third-order valence-electron chi connectivity index (χ3n) is 5.13. The van der Waals surface area contributed by atoms with E-state index >= 15 is 0 Å². The van der Waals surface area contributed by atoms with Crippen LogP contribution in [0.15, 0.2) is 47.7 Å². The minimum atomic E-state index is 0.299. The third kappa shape index (κ3) is 6.51. The van der Waals surface area contributed by atoms with Crippen molar-refractivity contribution in [2.24, 2.45) is 10.9 Å². The molecular formula is C22H31N5O. The molecule has 1 fully saturated rings. The summed E-state index contributed by atoms with van der Waals surface area (Å²) in [5.41, 5.74) is 2.19. The van der Waals surface area contributed by atoms with Crippen molar-refractivity contribution >= 4 is 5.96 Å². The number of guanidine groups is 1. The lowest BCUT2D eigenvalue weighted by molar-refractivity contribution is 0.130. The van der Waals surface area contributed by atoms with Crippen LogP contribution >= 0.6 is 0 Å². The Balaban J connectivity index is 1.44. The fourth-order valence-electron chi connectivity index (χ4n) is 3.40. The molecular weight excluding hydrogens is 350 g/mol. The van der Waals surface area contributed by atoms with Gasteiger partial charge in [0.25, 0.3) is 0 Å². The second-order valence-electron chi connectivity index (χ2n) is 7.43. The highest BCUT2D eigenvalue weighted by Crippen LogP contribution is 2.26. The third-order valence-corrected chi connectivity index (χ3v) is 5.13. The normalized spacial score (nSPS) is 19.9. The Morgan fingerprint density at radius 1 is 1.11 bits per heavy atom. The second-order valence-corrected chi connectivity index (χ2v) is 7.43. The SMILES string of the molecule is CN=C(NCCc1ccccn1)NCc1ccnc(OC2CCC(C)CC2)c1. The van der Waals surface area contributed by atoms with E-state index in [1.54, 1.807) is 7.05 Å². The molecule has 0 saturated heterocycles. The Morgan fingerprint density at radius 2 is 1.96 bits per heavy atom. The molecule has 1 saturated carbocycles. The van der Waals surface area contributed by atoms with E-state index in [9.17, 15) is 0 Å². The summed E-state index contributed by atoms with van der Waals surface area (Å²) < 4.78 is 6.10. The number of rotatable bonds is 7. The molecule has 0 amide bonds. The van der Waals surface area contributed by atoms with E-state index in [0.29, 0.717) is 12.6 Å². The molecule has 0 radical (unpaired) electrons. The Labute approximate surface area is 167 Å². The van der Waals surface area contributed by atoms with Crippen molar-refractivity contribution in [3.05, 3.63) is 54.0 Å². The van der Waals surface area contributed by atoms with Gasteiger partial charge in [0.15, 0.2) is 5.96 Å². The molecule has 2 aromatic rings. The van der Waals surface area contributed by atoms with Crippen LogP contribution in [0.4, 0.5) is 0 Å². The van der Waals surface area contributed by atoms with Crippen molar-refractivity contribution in [1.29, 1.82) is 0 Å². The lowest BCUT2D eigenvalue weighted by atomic mass is 9.89. The summed E-state index contributed by atoms with van der Waals surface area (Å²) in [6, 6.07) is 9.99. The number of aliphatic imine (C=N–C) groups is 1. The van der Waals surface area contributed by atoms with Crippen molar-refractivity contribution in [1.82, 2.24) is 20.6 Å². The first kappa shape index (κ1) is 20.1. The van der Waals surface area contributed by atoms with Crippen LogP contribution in [0, 0.1) is 5.92 Å². The van der Waals surface area contributed by atoms with Gasteiger partial charge in [0.2, 0.25) is 5.88 Å². The fraction of sp³-hybridized carbons (Fsp3) is 0.500. The van der Waals surface area contributed by atoms with Crippen molar-refractivity contribution in [2.45, 2.75) is 51.7 Å². The van der Waals surface area contributed by atoms with E-state index in [2.05, 4.69) is 32.5 Å². The molecule has 0 aliphatic heterocycles. The number of pyridine rings is 2. The van der Waals surface area contributed by atoms with Gasteiger partial charge in [-0.3, -0.25) is 9.98 Å². The van der Waals surface area contributed by atoms with Gasteiger partial charge in [-0.25, -0.2) is 4.98 Å². The zero-order chi connectivity index (χ0) is 19.6. The smallest absolute Gasteiger partial charge is 0.213 e. The number of aromatic nitrogens is 2. The first-order valence-electron chi connectivity index (χ1n) is 10.2. The Kier molecular flexibility index (Phi) is 7.64. The van der Waals surface area contributed by atoms with Crippen LogP contribution in [-0.2, 0) is 13.0 Å². The van der Waals surface area contributed by atoms with Crippen LogP contribution in [0.3, 0.4) is 0 Å². The summed E-state index contributed by atoms with van der Waals surface area (Å²) in [7, 11) is 1.78. The number of ether oxygens (including phenoxy) is 1. The summed E-state index contributed by atoms with van der Waals surface area (Å²) in [4.78, 5) is 13.0. The maximum atomic E-state index is 6.10. The molecule has 6 heteroatoms. The topological polar surface area (TPSA) is 71.4 Å². The van der Waals surface area contributed by atoms with Gasteiger partial charge >= 0.3 is 0 Å². The van der Waals surface area contributed by atoms with Crippen LogP contribution in [0.1, 0.15) is 43.9 Å². The number of hydrogen-bond acceptors (Lipinski definition) is 4. The number of nitrogens with one attached hydrogen (secondary N) is 2. The van der Waals surface area contributed by atoms with Gasteiger partial charge in [0.1, 0.15) is 6.10 Å². The predicted octanol–water partition coefficient (Wildman–Crippen LogP) is 3.34. The van der Waals surface area contributed by atoms with E-state index in [0.717, 1.165) is 54.8 Å². The average molecular weight is 382 g/mol. The van der Waals surface area contributed by atoms with Gasteiger partial charge in [0.05, 0.1) is 0 Å². The maximum absolute atomic E-state index is 6.10. The highest BCUT2D eigenvalue weighted by Gasteiger charge is 2.19. The minimum absolute atomic E-state index is 0.299. The lowest BCUT2D eigenvalue weighted by Crippen LogP contribution is -2.37. The molecule has 0 atom stereocenters. The lowest BCUT2D eigenvalue weighted by Gasteiger charge is -2.26. The van der Waals surface area contributed by atoms with Crippen LogP contribution < -0.4 is 15.4 Å². The molecule has 28 heavy (non-hydrogen) atoms. The molecule has 2 N–H and O–H groups in total. The monoisotopic (exact) mass is 381 g/mol. The maximum Gasteiger partial charge on any atom is 0.213 e. The van der Waals surface area contributed by atoms with Gasteiger partial charge in [-0.15, -0.1) is 0 Å². The quantitative estimate of drug-likeness (QED) is 0.568. The average Bonchev–Trinajstić information content (AvgIpc) is 2.73. The first-order valence-corrected chi connectivity index (χ1v) is 10.2. The molecule has 2 aromatic heterocycles. The second kappa shape index (κ2) is 10.6. The van der Waals surface area contributed by atoms with Crippen molar-refractivity contribution in [3.8, 4) is 5.88 Å². The van der Waals surface area contributed by atoms with E-state index in [-0.39, 0.29) is 0 Å². The Morgan fingerprint density at radius 3 is 2.71 bits per heavy atom. The number of nitrogens with zero attached hydrogens (tertiary/aromatic N) is 3. The molecule has 6 nitrogen and oxygen atoms in total. The molecule has 0 spiro atoms. The zero-order valence-electron chi connectivity index (χ0n) is 16.9.